The van der Waals surface area contributed by atoms with Crippen LogP contribution < -0.4 is 4.74 Å². The Balaban J connectivity index is 1.52. The summed E-state index contributed by atoms with van der Waals surface area (Å²) in [5.41, 5.74) is 0.798. The van der Waals surface area contributed by atoms with Gasteiger partial charge in [0.2, 0.25) is 5.91 Å². The summed E-state index contributed by atoms with van der Waals surface area (Å²) in [5.74, 6) is 1.89. The number of carbonyl (C=O) groups is 1. The molecule has 22 heavy (non-hydrogen) atoms. The largest absolute Gasteiger partial charge is 0.497 e. The number of hydrogen-bond donors (Lipinski definition) is 1. The van der Waals surface area contributed by atoms with Crippen molar-refractivity contribution in [1.29, 1.82) is 0 Å². The van der Waals surface area contributed by atoms with Gasteiger partial charge >= 0.3 is 0 Å². The molecular weight excluding hydrogens is 278 g/mol. The Bertz CT molecular complexity index is 578. The minimum atomic E-state index is -0.310. The minimum Gasteiger partial charge on any atom is -0.497 e. The predicted octanol–water partition coefficient (Wildman–Crippen LogP) is 1.96. The van der Waals surface area contributed by atoms with Gasteiger partial charge in [-0.05, 0) is 49.3 Å². The van der Waals surface area contributed by atoms with E-state index in [9.17, 15) is 9.90 Å². The Hall–Kier alpha value is -1.55. The zero-order chi connectivity index (χ0) is 15.3. The van der Waals surface area contributed by atoms with Gasteiger partial charge < -0.3 is 14.7 Å². The number of ether oxygens (including phenoxy) is 1. The van der Waals surface area contributed by atoms with Gasteiger partial charge in [-0.25, -0.2) is 0 Å². The molecule has 4 heteroatoms. The first-order valence-corrected chi connectivity index (χ1v) is 8.26. The summed E-state index contributed by atoms with van der Waals surface area (Å²) in [4.78, 5) is 15.0. The molecule has 1 heterocycles. The molecule has 0 radical (unpaired) electrons. The first kappa shape index (κ1) is 14.1. The molecule has 4 rings (SSSR count). The number of hydrogen-bond acceptors (Lipinski definition) is 3. The van der Waals surface area contributed by atoms with Crippen molar-refractivity contribution < 1.29 is 14.6 Å². The lowest BCUT2D eigenvalue weighted by Gasteiger charge is -2.25. The molecule has 3 aliphatic rings. The molecule has 3 unspecified atom stereocenters. The number of likely N-dealkylation sites (tertiary alicyclic amines) is 1. The smallest absolute Gasteiger partial charge is 0.233 e. The Morgan fingerprint density at radius 1 is 1.23 bits per heavy atom. The fourth-order valence-corrected chi connectivity index (χ4v) is 4.37. The van der Waals surface area contributed by atoms with E-state index in [2.05, 4.69) is 0 Å². The first-order valence-electron chi connectivity index (χ1n) is 8.26. The summed E-state index contributed by atoms with van der Waals surface area (Å²) < 4.78 is 5.20. The van der Waals surface area contributed by atoms with Crippen molar-refractivity contribution in [3.8, 4) is 5.75 Å². The normalized spacial score (nSPS) is 31.9. The average molecular weight is 301 g/mol. The van der Waals surface area contributed by atoms with Crippen molar-refractivity contribution in [3.63, 3.8) is 0 Å². The van der Waals surface area contributed by atoms with Crippen LogP contribution in [-0.4, -0.2) is 42.2 Å². The summed E-state index contributed by atoms with van der Waals surface area (Å²) in [7, 11) is 1.65. The third-order valence-corrected chi connectivity index (χ3v) is 5.91. The van der Waals surface area contributed by atoms with E-state index in [1.54, 1.807) is 7.11 Å². The summed E-state index contributed by atoms with van der Waals surface area (Å²) in [6, 6.07) is 7.92. The van der Waals surface area contributed by atoms with Crippen LogP contribution in [0.2, 0.25) is 0 Å². The van der Waals surface area contributed by atoms with Crippen LogP contribution in [0.25, 0.3) is 0 Å². The van der Waals surface area contributed by atoms with Crippen LogP contribution in [0.1, 0.15) is 31.2 Å². The van der Waals surface area contributed by atoms with Crippen molar-refractivity contribution in [1.82, 2.24) is 4.90 Å². The molecule has 1 aliphatic heterocycles. The number of aliphatic hydroxyl groups is 1. The maximum atomic E-state index is 13.0. The molecule has 3 fully saturated rings. The number of carbonyl (C=O) groups excluding carboxylic acids is 1. The molecule has 0 aromatic heterocycles. The molecule has 1 aromatic rings. The molecule has 1 N–H and O–H groups in total. The highest BCUT2D eigenvalue weighted by atomic mass is 16.5. The summed E-state index contributed by atoms with van der Waals surface area (Å²) in [5, 5.41) is 10.0. The quantitative estimate of drug-likeness (QED) is 0.928. The van der Waals surface area contributed by atoms with E-state index in [4.69, 9.17) is 4.74 Å². The van der Waals surface area contributed by atoms with Gasteiger partial charge in [0.15, 0.2) is 0 Å². The fourth-order valence-electron chi connectivity index (χ4n) is 4.37. The highest BCUT2D eigenvalue weighted by Crippen LogP contribution is 2.51. The van der Waals surface area contributed by atoms with Crippen molar-refractivity contribution in [2.24, 2.45) is 11.8 Å². The maximum Gasteiger partial charge on any atom is 0.233 e. The molecular formula is C18H23NO3. The zero-order valence-corrected chi connectivity index (χ0v) is 13.0. The first-order chi connectivity index (χ1) is 10.6. The maximum absolute atomic E-state index is 13.0. The lowest BCUT2D eigenvalue weighted by molar-refractivity contribution is -0.133. The van der Waals surface area contributed by atoms with Crippen molar-refractivity contribution >= 4 is 5.91 Å². The molecule has 0 bridgehead atoms. The molecule has 4 nitrogen and oxygen atoms in total. The number of nitrogens with zero attached hydrogens (tertiary/aromatic N) is 1. The predicted molar refractivity (Wildman–Crippen MR) is 82.7 cm³/mol. The summed E-state index contributed by atoms with van der Waals surface area (Å²) in [6.45, 7) is 1.57. The van der Waals surface area contributed by atoms with Crippen LogP contribution in [0.3, 0.4) is 0 Å². The second-order valence-electron chi connectivity index (χ2n) is 7.09. The molecule has 1 aromatic carbocycles. The summed E-state index contributed by atoms with van der Waals surface area (Å²) in [6.07, 6.45) is 3.63. The number of benzene rings is 1. The van der Waals surface area contributed by atoms with E-state index in [0.717, 1.165) is 50.1 Å². The molecule has 2 aliphatic carbocycles. The standard InChI is InChI=1S/C18H23NO3/c1-22-14-5-3-13(4-6-14)18(8-9-18)17(21)19-10-12-2-7-16(20)15(12)11-19/h3-6,12,15-16,20H,2,7-11H2,1H3. The number of aliphatic hydroxyl groups excluding tert-OH is 1. The Labute approximate surface area is 131 Å². The van der Waals surface area contributed by atoms with E-state index < -0.39 is 0 Å². The minimum absolute atomic E-state index is 0.209. The van der Waals surface area contributed by atoms with E-state index >= 15 is 0 Å². The second kappa shape index (κ2) is 4.98. The van der Waals surface area contributed by atoms with Crippen LogP contribution in [0.4, 0.5) is 0 Å². The zero-order valence-electron chi connectivity index (χ0n) is 13.0. The molecule has 1 saturated heterocycles. The topological polar surface area (TPSA) is 49.8 Å². The van der Waals surface area contributed by atoms with Crippen LogP contribution in [0, 0.1) is 11.8 Å². The molecule has 2 saturated carbocycles. The second-order valence-corrected chi connectivity index (χ2v) is 7.09. The van der Waals surface area contributed by atoms with Gasteiger partial charge in [0.1, 0.15) is 5.75 Å². The van der Waals surface area contributed by atoms with E-state index in [1.165, 1.54) is 0 Å². The lowest BCUT2D eigenvalue weighted by atomic mass is 9.94. The average Bonchev–Trinajstić information content (AvgIpc) is 3.13. The van der Waals surface area contributed by atoms with E-state index in [1.807, 2.05) is 29.2 Å². The fraction of sp³-hybridized carbons (Fsp3) is 0.611. The molecule has 3 atom stereocenters. The highest BCUT2D eigenvalue weighted by molar-refractivity contribution is 5.91. The van der Waals surface area contributed by atoms with Crippen molar-refractivity contribution in [2.75, 3.05) is 20.2 Å². The third kappa shape index (κ3) is 2.04. The highest BCUT2D eigenvalue weighted by Gasteiger charge is 2.55. The van der Waals surface area contributed by atoms with Crippen molar-refractivity contribution in [2.45, 2.75) is 37.2 Å². The Morgan fingerprint density at radius 3 is 2.55 bits per heavy atom. The Kier molecular flexibility index (Phi) is 3.19. The summed E-state index contributed by atoms with van der Waals surface area (Å²) >= 11 is 0. The number of fused-ring (bicyclic) bond motifs is 1. The number of amides is 1. The van der Waals surface area contributed by atoms with Gasteiger partial charge in [0, 0.05) is 19.0 Å². The molecule has 1 amide bonds. The van der Waals surface area contributed by atoms with Gasteiger partial charge in [-0.3, -0.25) is 4.79 Å². The molecule has 118 valence electrons. The SMILES string of the molecule is COc1ccc(C2(C(=O)N3CC4CCC(O)C4C3)CC2)cc1. The van der Waals surface area contributed by atoms with E-state index in [-0.39, 0.29) is 17.4 Å². The van der Waals surface area contributed by atoms with Gasteiger partial charge in [0.25, 0.3) is 0 Å². The lowest BCUT2D eigenvalue weighted by Crippen LogP contribution is -2.39. The van der Waals surface area contributed by atoms with Gasteiger partial charge in [0.05, 0.1) is 18.6 Å². The Morgan fingerprint density at radius 2 is 1.95 bits per heavy atom. The van der Waals surface area contributed by atoms with Crippen LogP contribution in [0.15, 0.2) is 24.3 Å². The molecule has 0 spiro atoms. The van der Waals surface area contributed by atoms with Gasteiger partial charge in [-0.15, -0.1) is 0 Å². The number of methoxy groups -OCH3 is 1. The van der Waals surface area contributed by atoms with Gasteiger partial charge in [-0.1, -0.05) is 12.1 Å². The van der Waals surface area contributed by atoms with Gasteiger partial charge in [-0.2, -0.15) is 0 Å². The van der Waals surface area contributed by atoms with Crippen LogP contribution in [-0.2, 0) is 10.2 Å². The van der Waals surface area contributed by atoms with E-state index in [0.29, 0.717) is 11.8 Å². The third-order valence-electron chi connectivity index (χ3n) is 5.91. The van der Waals surface area contributed by atoms with Crippen LogP contribution >= 0.6 is 0 Å². The monoisotopic (exact) mass is 301 g/mol. The number of rotatable bonds is 3. The van der Waals surface area contributed by atoms with Crippen molar-refractivity contribution in [3.05, 3.63) is 29.8 Å². The van der Waals surface area contributed by atoms with Crippen LogP contribution in [0.5, 0.6) is 5.75 Å².